The zero-order chi connectivity index (χ0) is 16.1. The monoisotopic (exact) mass is 311 g/mol. The molecule has 1 aromatic heterocycles. The first-order valence-corrected chi connectivity index (χ1v) is 7.86. The molecule has 2 heterocycles. The van der Waals surface area contributed by atoms with Gasteiger partial charge in [0.1, 0.15) is 0 Å². The average molecular weight is 311 g/mol. The summed E-state index contributed by atoms with van der Waals surface area (Å²) in [5, 5.41) is 3.06. The quantitative estimate of drug-likeness (QED) is 0.942. The number of carbonyl (C=O) groups is 1. The van der Waals surface area contributed by atoms with Crippen molar-refractivity contribution < 1.29 is 4.79 Å². The van der Waals surface area contributed by atoms with E-state index in [4.69, 9.17) is 0 Å². The number of amides is 2. The van der Waals surface area contributed by atoms with E-state index in [1.54, 1.807) is 18.5 Å². The van der Waals surface area contributed by atoms with Crippen LogP contribution in [0.25, 0.3) is 0 Å². The molecule has 1 aliphatic rings. The van der Waals surface area contributed by atoms with Gasteiger partial charge in [-0.05, 0) is 18.6 Å². The number of nitrogens with one attached hydrogen (secondary N) is 1. The highest BCUT2D eigenvalue weighted by Gasteiger charge is 2.23. The second kappa shape index (κ2) is 7.09. The molecule has 1 fully saturated rings. The fourth-order valence-corrected chi connectivity index (χ4v) is 2.67. The van der Waals surface area contributed by atoms with E-state index in [2.05, 4.69) is 20.2 Å². The van der Waals surface area contributed by atoms with Crippen LogP contribution in [-0.2, 0) is 0 Å². The molecule has 6 heteroatoms. The molecule has 1 saturated heterocycles. The SMILES string of the molecule is CC(NC(=O)N1CCN(c2ncccn2)CC1)c1ccccc1. The Morgan fingerprint density at radius 2 is 1.70 bits per heavy atom. The smallest absolute Gasteiger partial charge is 0.317 e. The van der Waals surface area contributed by atoms with Gasteiger partial charge in [-0.15, -0.1) is 0 Å². The zero-order valence-electron chi connectivity index (χ0n) is 13.2. The standard InChI is InChI=1S/C17H21N5O/c1-14(15-6-3-2-4-7-15)20-17(23)22-12-10-21(11-13-22)16-18-8-5-9-19-16/h2-9,14H,10-13H2,1H3,(H,20,23). The van der Waals surface area contributed by atoms with Gasteiger partial charge in [0.05, 0.1) is 6.04 Å². The van der Waals surface area contributed by atoms with Gasteiger partial charge >= 0.3 is 6.03 Å². The average Bonchev–Trinajstić information content (AvgIpc) is 2.63. The summed E-state index contributed by atoms with van der Waals surface area (Å²) in [5.41, 5.74) is 1.11. The van der Waals surface area contributed by atoms with Crippen molar-refractivity contribution in [2.45, 2.75) is 13.0 Å². The third-order valence-electron chi connectivity index (χ3n) is 4.04. The molecule has 3 rings (SSSR count). The third-order valence-corrected chi connectivity index (χ3v) is 4.04. The van der Waals surface area contributed by atoms with E-state index in [0.29, 0.717) is 13.1 Å². The predicted octanol–water partition coefficient (Wildman–Crippen LogP) is 2.07. The number of carbonyl (C=O) groups excluding carboxylic acids is 1. The van der Waals surface area contributed by atoms with E-state index < -0.39 is 0 Å². The van der Waals surface area contributed by atoms with Crippen LogP contribution < -0.4 is 10.2 Å². The molecule has 0 radical (unpaired) electrons. The fourth-order valence-electron chi connectivity index (χ4n) is 2.67. The van der Waals surface area contributed by atoms with Crippen LogP contribution in [0.15, 0.2) is 48.8 Å². The van der Waals surface area contributed by atoms with Crippen LogP contribution in [-0.4, -0.2) is 47.1 Å². The molecule has 2 aromatic rings. The summed E-state index contributed by atoms with van der Waals surface area (Å²) in [6.07, 6.45) is 3.48. The molecular formula is C17H21N5O. The number of hydrogen-bond donors (Lipinski definition) is 1. The maximum Gasteiger partial charge on any atom is 0.317 e. The maximum absolute atomic E-state index is 12.4. The lowest BCUT2D eigenvalue weighted by Crippen LogP contribution is -2.52. The van der Waals surface area contributed by atoms with Gasteiger partial charge in [0, 0.05) is 38.6 Å². The molecule has 0 spiro atoms. The normalized spacial score (nSPS) is 16.0. The minimum absolute atomic E-state index is 0.000753. The second-order valence-corrected chi connectivity index (χ2v) is 5.60. The maximum atomic E-state index is 12.4. The number of urea groups is 1. The summed E-state index contributed by atoms with van der Waals surface area (Å²) in [6, 6.07) is 11.8. The molecule has 0 bridgehead atoms. The number of nitrogens with zero attached hydrogens (tertiary/aromatic N) is 4. The Hall–Kier alpha value is -2.63. The Balaban J connectivity index is 1.52. The van der Waals surface area contributed by atoms with Gasteiger partial charge in [-0.2, -0.15) is 0 Å². The molecule has 1 N–H and O–H groups in total. The molecule has 1 unspecified atom stereocenters. The van der Waals surface area contributed by atoms with Crippen LogP contribution in [0.5, 0.6) is 0 Å². The number of benzene rings is 1. The first-order valence-electron chi connectivity index (χ1n) is 7.86. The highest BCUT2D eigenvalue weighted by Crippen LogP contribution is 2.13. The molecule has 0 aliphatic carbocycles. The van der Waals surface area contributed by atoms with Crippen LogP contribution in [0.2, 0.25) is 0 Å². The van der Waals surface area contributed by atoms with Crippen molar-refractivity contribution in [3.8, 4) is 0 Å². The fraction of sp³-hybridized carbons (Fsp3) is 0.353. The predicted molar refractivity (Wildman–Crippen MR) is 89.2 cm³/mol. The lowest BCUT2D eigenvalue weighted by molar-refractivity contribution is 0.191. The zero-order valence-corrected chi connectivity index (χ0v) is 13.2. The number of piperazine rings is 1. The van der Waals surface area contributed by atoms with Crippen molar-refractivity contribution in [1.29, 1.82) is 0 Å². The summed E-state index contributed by atoms with van der Waals surface area (Å²) < 4.78 is 0. The number of rotatable bonds is 3. The summed E-state index contributed by atoms with van der Waals surface area (Å²) in [7, 11) is 0. The molecule has 1 atom stereocenters. The topological polar surface area (TPSA) is 61.4 Å². The first kappa shape index (κ1) is 15.3. The van der Waals surface area contributed by atoms with Gasteiger partial charge in [0.25, 0.3) is 0 Å². The lowest BCUT2D eigenvalue weighted by atomic mass is 10.1. The number of aromatic nitrogens is 2. The van der Waals surface area contributed by atoms with Gasteiger partial charge in [-0.1, -0.05) is 30.3 Å². The highest BCUT2D eigenvalue weighted by atomic mass is 16.2. The van der Waals surface area contributed by atoms with E-state index in [1.807, 2.05) is 42.2 Å². The highest BCUT2D eigenvalue weighted by molar-refractivity contribution is 5.75. The van der Waals surface area contributed by atoms with Gasteiger partial charge in [0.2, 0.25) is 5.95 Å². The third kappa shape index (κ3) is 3.77. The number of hydrogen-bond acceptors (Lipinski definition) is 4. The minimum atomic E-state index is -0.0185. The van der Waals surface area contributed by atoms with Crippen molar-refractivity contribution in [3.63, 3.8) is 0 Å². The van der Waals surface area contributed by atoms with Crippen molar-refractivity contribution in [2.75, 3.05) is 31.1 Å². The van der Waals surface area contributed by atoms with Crippen LogP contribution in [0.1, 0.15) is 18.5 Å². The Labute approximate surface area is 136 Å². The largest absolute Gasteiger partial charge is 0.337 e. The molecule has 1 aliphatic heterocycles. The van der Waals surface area contributed by atoms with Crippen molar-refractivity contribution in [1.82, 2.24) is 20.2 Å². The molecule has 2 amide bonds. The van der Waals surface area contributed by atoms with E-state index in [9.17, 15) is 4.79 Å². The molecular weight excluding hydrogens is 290 g/mol. The first-order chi connectivity index (χ1) is 11.2. The Morgan fingerprint density at radius 3 is 2.35 bits per heavy atom. The van der Waals surface area contributed by atoms with Crippen molar-refractivity contribution in [2.24, 2.45) is 0 Å². The molecule has 120 valence electrons. The second-order valence-electron chi connectivity index (χ2n) is 5.60. The van der Waals surface area contributed by atoms with E-state index in [0.717, 1.165) is 24.6 Å². The van der Waals surface area contributed by atoms with Gasteiger partial charge in [-0.3, -0.25) is 0 Å². The van der Waals surface area contributed by atoms with Crippen LogP contribution in [0.4, 0.5) is 10.7 Å². The van der Waals surface area contributed by atoms with E-state index in [1.165, 1.54) is 0 Å². The lowest BCUT2D eigenvalue weighted by Gasteiger charge is -2.35. The van der Waals surface area contributed by atoms with Gasteiger partial charge < -0.3 is 15.1 Å². The summed E-state index contributed by atoms with van der Waals surface area (Å²) in [5.74, 6) is 0.727. The van der Waals surface area contributed by atoms with Gasteiger partial charge in [-0.25, -0.2) is 14.8 Å². The Bertz CT molecular complexity index is 626. The molecule has 0 saturated carbocycles. The van der Waals surface area contributed by atoms with Crippen molar-refractivity contribution >= 4 is 12.0 Å². The van der Waals surface area contributed by atoms with Crippen LogP contribution in [0, 0.1) is 0 Å². The summed E-state index contributed by atoms with van der Waals surface area (Å²) in [6.45, 7) is 4.84. The van der Waals surface area contributed by atoms with Crippen LogP contribution >= 0.6 is 0 Å². The molecule has 6 nitrogen and oxygen atoms in total. The van der Waals surface area contributed by atoms with E-state index >= 15 is 0 Å². The summed E-state index contributed by atoms with van der Waals surface area (Å²) in [4.78, 5) is 24.8. The minimum Gasteiger partial charge on any atom is -0.337 e. The summed E-state index contributed by atoms with van der Waals surface area (Å²) >= 11 is 0. The van der Waals surface area contributed by atoms with Gasteiger partial charge in [0.15, 0.2) is 0 Å². The van der Waals surface area contributed by atoms with Crippen molar-refractivity contribution in [3.05, 3.63) is 54.4 Å². The van der Waals surface area contributed by atoms with Crippen LogP contribution in [0.3, 0.4) is 0 Å². The molecule has 23 heavy (non-hydrogen) atoms. The Morgan fingerprint density at radius 1 is 1.04 bits per heavy atom. The number of anilines is 1. The Kier molecular flexibility index (Phi) is 4.71. The van der Waals surface area contributed by atoms with E-state index in [-0.39, 0.29) is 12.1 Å². The molecule has 1 aromatic carbocycles.